The van der Waals surface area contributed by atoms with Gasteiger partial charge in [-0.25, -0.2) is 4.99 Å². The topological polar surface area (TPSA) is 69.9 Å². The second-order valence-electron chi connectivity index (χ2n) is 8.28. The highest BCUT2D eigenvalue weighted by Gasteiger charge is 2.32. The van der Waals surface area contributed by atoms with Gasteiger partial charge in [0.1, 0.15) is 11.5 Å². The molecule has 0 N–H and O–H groups in total. The Balaban J connectivity index is 1.79. The highest BCUT2D eigenvalue weighted by Crippen LogP contribution is 2.35. The summed E-state index contributed by atoms with van der Waals surface area (Å²) < 4.78 is 13.3. The number of nitrogens with zero attached hydrogens (tertiary/aromatic N) is 2. The molecule has 0 fully saturated rings. The first-order valence-corrected chi connectivity index (χ1v) is 12.0. The Morgan fingerprint density at radius 3 is 2.37 bits per heavy atom. The molecule has 5 rings (SSSR count). The van der Waals surface area contributed by atoms with E-state index in [0.29, 0.717) is 26.4 Å². The first-order chi connectivity index (χ1) is 16.9. The fourth-order valence-electron chi connectivity index (χ4n) is 4.70. The third-order valence-electron chi connectivity index (χ3n) is 6.26. The number of carbonyl (C=O) groups is 1. The van der Waals surface area contributed by atoms with Gasteiger partial charge in [0, 0.05) is 22.2 Å². The van der Waals surface area contributed by atoms with Crippen molar-refractivity contribution in [2.45, 2.75) is 19.9 Å². The standard InChI is InChI=1S/C28H24N2O4S/c1-16-25(17(2)31)26(21-11-7-8-12-22(21)33-3)30-27(32)24(35-28(30)29-16)15-18-13-14-23(34-4)20-10-6-5-9-19(18)20/h5-15,26H,1-4H3/t26-/m0/s1. The van der Waals surface area contributed by atoms with Gasteiger partial charge in [-0.2, -0.15) is 0 Å². The average molecular weight is 485 g/mol. The zero-order valence-electron chi connectivity index (χ0n) is 19.9. The lowest BCUT2D eigenvalue weighted by Crippen LogP contribution is -2.39. The third kappa shape index (κ3) is 3.78. The van der Waals surface area contributed by atoms with Crippen LogP contribution in [0.15, 0.2) is 81.7 Å². The lowest BCUT2D eigenvalue weighted by molar-refractivity contribution is -0.114. The predicted molar refractivity (Wildman–Crippen MR) is 138 cm³/mol. The normalized spacial score (nSPS) is 15.7. The number of carbonyl (C=O) groups excluding carboxylic acids is 1. The Bertz CT molecular complexity index is 1690. The maximum Gasteiger partial charge on any atom is 0.271 e. The van der Waals surface area contributed by atoms with E-state index >= 15 is 0 Å². The molecule has 4 aromatic rings. The molecule has 6 nitrogen and oxygen atoms in total. The van der Waals surface area contributed by atoms with Gasteiger partial charge in [0.15, 0.2) is 10.6 Å². The molecule has 0 saturated carbocycles. The molecule has 2 heterocycles. The molecule has 1 aliphatic heterocycles. The summed E-state index contributed by atoms with van der Waals surface area (Å²) in [7, 11) is 3.23. The summed E-state index contributed by atoms with van der Waals surface area (Å²) >= 11 is 1.32. The minimum absolute atomic E-state index is 0.127. The van der Waals surface area contributed by atoms with E-state index in [4.69, 9.17) is 9.47 Å². The van der Waals surface area contributed by atoms with Gasteiger partial charge in [0.25, 0.3) is 5.56 Å². The molecule has 176 valence electrons. The summed E-state index contributed by atoms with van der Waals surface area (Å²) in [6.07, 6.45) is 1.89. The van der Waals surface area contributed by atoms with E-state index < -0.39 is 6.04 Å². The first kappa shape index (κ1) is 22.8. The number of allylic oxidation sites excluding steroid dienone is 2. The van der Waals surface area contributed by atoms with Crippen LogP contribution in [0.5, 0.6) is 11.5 Å². The Morgan fingerprint density at radius 2 is 1.66 bits per heavy atom. The molecule has 0 saturated heterocycles. The number of Topliss-reactive ketones (excluding diaryl/α,β-unsaturated/α-hetero) is 1. The van der Waals surface area contributed by atoms with Gasteiger partial charge in [-0.05, 0) is 43.0 Å². The largest absolute Gasteiger partial charge is 0.496 e. The second kappa shape index (κ2) is 9.00. The summed E-state index contributed by atoms with van der Waals surface area (Å²) in [4.78, 5) is 31.8. The van der Waals surface area contributed by atoms with Gasteiger partial charge in [0.05, 0.1) is 24.8 Å². The molecule has 1 aromatic heterocycles. The average Bonchev–Trinajstić information content (AvgIpc) is 3.17. The summed E-state index contributed by atoms with van der Waals surface area (Å²) in [5.74, 6) is 1.26. The lowest BCUT2D eigenvalue weighted by atomic mass is 9.93. The molecule has 0 unspecified atom stereocenters. The Kier molecular flexibility index (Phi) is 5.86. The van der Waals surface area contributed by atoms with Crippen molar-refractivity contribution >= 4 is 34.0 Å². The van der Waals surface area contributed by atoms with Crippen LogP contribution in [0.25, 0.3) is 16.8 Å². The molecule has 1 aliphatic rings. The number of thiazole rings is 1. The maximum absolute atomic E-state index is 13.8. The second-order valence-corrected chi connectivity index (χ2v) is 9.29. The van der Waals surface area contributed by atoms with E-state index in [0.717, 1.165) is 27.6 Å². The van der Waals surface area contributed by atoms with Gasteiger partial charge in [-0.3, -0.25) is 14.2 Å². The molecule has 35 heavy (non-hydrogen) atoms. The summed E-state index contributed by atoms with van der Waals surface area (Å²) in [6, 6.07) is 18.6. The Labute approximate surface area is 206 Å². The number of rotatable bonds is 5. The van der Waals surface area contributed by atoms with Crippen LogP contribution in [-0.2, 0) is 4.79 Å². The van der Waals surface area contributed by atoms with Crippen LogP contribution in [0.4, 0.5) is 0 Å². The minimum Gasteiger partial charge on any atom is -0.496 e. The Hall–Kier alpha value is -3.97. The van der Waals surface area contributed by atoms with Crippen LogP contribution < -0.4 is 24.4 Å². The number of hydrogen-bond acceptors (Lipinski definition) is 6. The molecule has 1 atom stereocenters. The highest BCUT2D eigenvalue weighted by molar-refractivity contribution is 7.07. The van der Waals surface area contributed by atoms with E-state index in [2.05, 4.69) is 4.99 Å². The van der Waals surface area contributed by atoms with Crippen LogP contribution in [0.1, 0.15) is 31.0 Å². The van der Waals surface area contributed by atoms with Gasteiger partial charge in [0.2, 0.25) is 0 Å². The SMILES string of the molecule is COc1ccccc1[C@H]1C(C(C)=O)=C(C)N=c2sc(=Cc3ccc(OC)c4ccccc34)c(=O)n21. The van der Waals surface area contributed by atoms with Gasteiger partial charge < -0.3 is 9.47 Å². The quantitative estimate of drug-likeness (QED) is 0.430. The zero-order chi connectivity index (χ0) is 24.7. The third-order valence-corrected chi connectivity index (χ3v) is 7.24. The van der Waals surface area contributed by atoms with Crippen LogP contribution >= 0.6 is 11.3 Å². The van der Waals surface area contributed by atoms with Crippen LogP contribution in [0.2, 0.25) is 0 Å². The lowest BCUT2D eigenvalue weighted by Gasteiger charge is -2.25. The monoisotopic (exact) mass is 484 g/mol. The van der Waals surface area contributed by atoms with Gasteiger partial charge in [-0.1, -0.05) is 59.9 Å². The molecule has 0 radical (unpaired) electrons. The molecule has 0 aliphatic carbocycles. The summed E-state index contributed by atoms with van der Waals surface area (Å²) in [6.45, 7) is 3.32. The number of para-hydroxylation sites is 1. The van der Waals surface area contributed by atoms with Crippen molar-refractivity contribution in [3.05, 3.63) is 103 Å². The van der Waals surface area contributed by atoms with Crippen molar-refractivity contribution in [1.82, 2.24) is 4.57 Å². The fraction of sp³-hybridized carbons (Fsp3) is 0.179. The van der Waals surface area contributed by atoms with E-state index in [1.165, 1.54) is 18.3 Å². The summed E-state index contributed by atoms with van der Waals surface area (Å²) in [5.41, 5.74) is 2.55. The fourth-order valence-corrected chi connectivity index (χ4v) is 5.73. The number of fused-ring (bicyclic) bond motifs is 2. The van der Waals surface area contributed by atoms with Crippen molar-refractivity contribution in [3.8, 4) is 11.5 Å². The number of hydrogen-bond donors (Lipinski definition) is 0. The predicted octanol–water partition coefficient (Wildman–Crippen LogP) is 3.99. The van der Waals surface area contributed by atoms with Crippen LogP contribution in [0.3, 0.4) is 0 Å². The molecular weight excluding hydrogens is 460 g/mol. The molecular formula is C28H24N2O4S. The number of methoxy groups -OCH3 is 2. The molecule has 0 spiro atoms. The minimum atomic E-state index is -0.616. The molecule has 0 amide bonds. The van der Waals surface area contributed by atoms with Crippen molar-refractivity contribution in [2.75, 3.05) is 14.2 Å². The van der Waals surface area contributed by atoms with Crippen molar-refractivity contribution < 1.29 is 14.3 Å². The van der Waals surface area contributed by atoms with Crippen LogP contribution in [0, 0.1) is 0 Å². The van der Waals surface area contributed by atoms with E-state index in [9.17, 15) is 9.59 Å². The van der Waals surface area contributed by atoms with Crippen molar-refractivity contribution in [2.24, 2.45) is 4.99 Å². The molecule has 3 aromatic carbocycles. The molecule has 0 bridgehead atoms. The van der Waals surface area contributed by atoms with Crippen LogP contribution in [-0.4, -0.2) is 24.6 Å². The van der Waals surface area contributed by atoms with E-state index in [-0.39, 0.29) is 11.3 Å². The van der Waals surface area contributed by atoms with E-state index in [1.54, 1.807) is 18.8 Å². The number of aromatic nitrogens is 1. The first-order valence-electron chi connectivity index (χ1n) is 11.2. The maximum atomic E-state index is 13.8. The van der Waals surface area contributed by atoms with Crippen molar-refractivity contribution in [3.63, 3.8) is 0 Å². The summed E-state index contributed by atoms with van der Waals surface area (Å²) in [5, 5.41) is 1.96. The molecule has 7 heteroatoms. The number of ether oxygens (including phenoxy) is 2. The number of ketones is 1. The zero-order valence-corrected chi connectivity index (χ0v) is 20.7. The Morgan fingerprint density at radius 1 is 0.971 bits per heavy atom. The smallest absolute Gasteiger partial charge is 0.271 e. The highest BCUT2D eigenvalue weighted by atomic mass is 32.1. The van der Waals surface area contributed by atoms with Gasteiger partial charge in [-0.15, -0.1) is 0 Å². The van der Waals surface area contributed by atoms with E-state index in [1.807, 2.05) is 73.7 Å². The van der Waals surface area contributed by atoms with Crippen molar-refractivity contribution in [1.29, 1.82) is 0 Å². The van der Waals surface area contributed by atoms with Gasteiger partial charge >= 0.3 is 0 Å². The number of benzene rings is 3.